The van der Waals surface area contributed by atoms with Crippen LogP contribution in [0.3, 0.4) is 0 Å². The third-order valence-electron chi connectivity index (χ3n) is 3.37. The van der Waals surface area contributed by atoms with Gasteiger partial charge < -0.3 is 15.2 Å². The molecule has 0 radical (unpaired) electrons. The van der Waals surface area contributed by atoms with Crippen molar-refractivity contribution in [1.29, 1.82) is 0 Å². The van der Waals surface area contributed by atoms with Gasteiger partial charge in [0.2, 0.25) is 0 Å². The first-order valence-corrected chi connectivity index (χ1v) is 7.40. The molecule has 0 heterocycles. The van der Waals surface area contributed by atoms with Gasteiger partial charge in [-0.1, -0.05) is 31.2 Å². The summed E-state index contributed by atoms with van der Waals surface area (Å²) >= 11 is 0. The molecule has 0 spiro atoms. The van der Waals surface area contributed by atoms with E-state index in [0.717, 1.165) is 35.6 Å². The van der Waals surface area contributed by atoms with E-state index in [1.807, 2.05) is 43.3 Å². The van der Waals surface area contributed by atoms with Gasteiger partial charge in [0.05, 0.1) is 13.2 Å². The molecule has 0 saturated heterocycles. The van der Waals surface area contributed by atoms with E-state index >= 15 is 0 Å². The minimum atomic E-state index is 0.624. The Kier molecular flexibility index (Phi) is 5.50. The number of nitrogens with two attached hydrogens (primary N) is 1. The summed E-state index contributed by atoms with van der Waals surface area (Å²) in [5.41, 5.74) is 8.83. The molecular formula is C18H23NO2. The number of ether oxygens (including phenoxy) is 2. The second kappa shape index (κ2) is 7.58. The predicted octanol–water partition coefficient (Wildman–Crippen LogP) is 3.99. The molecule has 3 heteroatoms. The highest BCUT2D eigenvalue weighted by Gasteiger charge is 2.02. The summed E-state index contributed by atoms with van der Waals surface area (Å²) in [4.78, 5) is 0. The average molecular weight is 285 g/mol. The molecular weight excluding hydrogens is 262 g/mol. The van der Waals surface area contributed by atoms with Crippen molar-refractivity contribution in [3.8, 4) is 11.5 Å². The van der Waals surface area contributed by atoms with E-state index in [2.05, 4.69) is 13.0 Å². The van der Waals surface area contributed by atoms with Crippen molar-refractivity contribution in [2.45, 2.75) is 26.7 Å². The zero-order chi connectivity index (χ0) is 15.1. The summed E-state index contributed by atoms with van der Waals surface area (Å²) in [6.07, 6.45) is 1.82. The lowest BCUT2D eigenvalue weighted by molar-refractivity contribution is 0.245. The minimum Gasteiger partial charge on any atom is -0.493 e. The van der Waals surface area contributed by atoms with Crippen molar-refractivity contribution in [2.24, 2.45) is 0 Å². The zero-order valence-electron chi connectivity index (χ0n) is 12.8. The number of rotatable bonds is 7. The Morgan fingerprint density at radius 3 is 2.43 bits per heavy atom. The molecule has 2 aromatic rings. The second-order valence-corrected chi connectivity index (χ2v) is 5.04. The molecule has 0 bridgehead atoms. The Hall–Kier alpha value is -2.16. The van der Waals surface area contributed by atoms with Crippen molar-refractivity contribution >= 4 is 5.69 Å². The van der Waals surface area contributed by atoms with Gasteiger partial charge in [0.1, 0.15) is 11.5 Å². The van der Waals surface area contributed by atoms with Gasteiger partial charge in [-0.25, -0.2) is 0 Å². The summed E-state index contributed by atoms with van der Waals surface area (Å²) in [6.45, 7) is 5.42. The summed E-state index contributed by atoms with van der Waals surface area (Å²) in [5, 5.41) is 0. The molecule has 112 valence electrons. The number of hydrogen-bond acceptors (Lipinski definition) is 3. The van der Waals surface area contributed by atoms with Gasteiger partial charge in [0.25, 0.3) is 0 Å². The maximum Gasteiger partial charge on any atom is 0.124 e. The van der Waals surface area contributed by atoms with E-state index in [1.165, 1.54) is 5.56 Å². The predicted molar refractivity (Wildman–Crippen MR) is 87.0 cm³/mol. The third kappa shape index (κ3) is 4.42. The fourth-order valence-corrected chi connectivity index (χ4v) is 2.13. The van der Waals surface area contributed by atoms with Crippen LogP contribution in [0.25, 0.3) is 0 Å². The lowest BCUT2D eigenvalue weighted by atomic mass is 10.1. The van der Waals surface area contributed by atoms with E-state index < -0.39 is 0 Å². The van der Waals surface area contributed by atoms with Gasteiger partial charge in [-0.05, 0) is 36.6 Å². The van der Waals surface area contributed by atoms with Crippen LogP contribution in [0.2, 0.25) is 0 Å². The first-order valence-electron chi connectivity index (χ1n) is 7.40. The van der Waals surface area contributed by atoms with Crippen LogP contribution in [-0.4, -0.2) is 13.2 Å². The molecule has 0 unspecified atom stereocenters. The molecule has 2 rings (SSSR count). The van der Waals surface area contributed by atoms with Gasteiger partial charge in [-0.3, -0.25) is 0 Å². The topological polar surface area (TPSA) is 44.5 Å². The van der Waals surface area contributed by atoms with Gasteiger partial charge in [-0.15, -0.1) is 0 Å². The highest BCUT2D eigenvalue weighted by Crippen LogP contribution is 2.21. The normalized spacial score (nSPS) is 10.4. The van der Waals surface area contributed by atoms with E-state index in [4.69, 9.17) is 15.2 Å². The maximum atomic E-state index is 5.82. The monoisotopic (exact) mass is 285 g/mol. The molecule has 21 heavy (non-hydrogen) atoms. The van der Waals surface area contributed by atoms with Crippen LogP contribution in [0.1, 0.15) is 24.5 Å². The average Bonchev–Trinajstić information content (AvgIpc) is 2.50. The molecule has 2 aromatic carbocycles. The molecule has 0 aliphatic heterocycles. The zero-order valence-corrected chi connectivity index (χ0v) is 12.8. The van der Waals surface area contributed by atoms with Crippen molar-refractivity contribution in [3.05, 3.63) is 53.6 Å². The molecule has 2 N–H and O–H groups in total. The van der Waals surface area contributed by atoms with Crippen LogP contribution in [0, 0.1) is 6.92 Å². The van der Waals surface area contributed by atoms with Crippen LogP contribution < -0.4 is 15.2 Å². The molecule has 0 fully saturated rings. The Bertz CT molecular complexity index is 581. The van der Waals surface area contributed by atoms with Crippen molar-refractivity contribution in [1.82, 2.24) is 0 Å². The van der Waals surface area contributed by atoms with E-state index in [9.17, 15) is 0 Å². The van der Waals surface area contributed by atoms with Crippen LogP contribution in [0.5, 0.6) is 11.5 Å². The molecule has 0 atom stereocenters. The number of hydrogen-bond donors (Lipinski definition) is 1. The minimum absolute atomic E-state index is 0.624. The van der Waals surface area contributed by atoms with Crippen LogP contribution in [0.4, 0.5) is 5.69 Å². The second-order valence-electron chi connectivity index (χ2n) is 5.04. The number of nitrogen functional groups attached to an aromatic ring is 1. The summed E-state index contributed by atoms with van der Waals surface area (Å²) < 4.78 is 11.6. The number of anilines is 1. The number of benzene rings is 2. The molecule has 0 saturated carbocycles. The SMILES string of the molecule is CCc1ccccc1OCCCOc1cc(N)ccc1C. The molecule has 0 aromatic heterocycles. The third-order valence-corrected chi connectivity index (χ3v) is 3.37. The first kappa shape index (κ1) is 15.2. The number of aryl methyl sites for hydroxylation is 2. The lowest BCUT2D eigenvalue weighted by Gasteiger charge is -2.12. The van der Waals surface area contributed by atoms with Crippen LogP contribution in [0.15, 0.2) is 42.5 Å². The van der Waals surface area contributed by atoms with E-state index in [0.29, 0.717) is 13.2 Å². The van der Waals surface area contributed by atoms with Crippen molar-refractivity contribution in [3.63, 3.8) is 0 Å². The van der Waals surface area contributed by atoms with Crippen molar-refractivity contribution < 1.29 is 9.47 Å². The van der Waals surface area contributed by atoms with Gasteiger partial charge in [0, 0.05) is 18.2 Å². The Morgan fingerprint density at radius 1 is 0.952 bits per heavy atom. The fraction of sp³-hybridized carbons (Fsp3) is 0.333. The highest BCUT2D eigenvalue weighted by atomic mass is 16.5. The number of para-hydroxylation sites is 1. The Morgan fingerprint density at radius 2 is 1.67 bits per heavy atom. The van der Waals surface area contributed by atoms with Crippen LogP contribution >= 0.6 is 0 Å². The van der Waals surface area contributed by atoms with Gasteiger partial charge in [0.15, 0.2) is 0 Å². The van der Waals surface area contributed by atoms with E-state index in [1.54, 1.807) is 0 Å². The first-order chi connectivity index (χ1) is 10.2. The fourth-order valence-electron chi connectivity index (χ4n) is 2.13. The standard InChI is InChI=1S/C18H23NO2/c1-3-15-7-4-5-8-17(15)20-11-6-12-21-18-13-16(19)10-9-14(18)2/h4-5,7-10,13H,3,6,11-12,19H2,1-2H3. The van der Waals surface area contributed by atoms with Gasteiger partial charge >= 0.3 is 0 Å². The summed E-state index contributed by atoms with van der Waals surface area (Å²) in [7, 11) is 0. The molecule has 0 aliphatic rings. The van der Waals surface area contributed by atoms with Crippen molar-refractivity contribution in [2.75, 3.05) is 18.9 Å². The smallest absolute Gasteiger partial charge is 0.124 e. The Labute approximate surface area is 126 Å². The summed E-state index contributed by atoms with van der Waals surface area (Å²) in [5.74, 6) is 1.82. The highest BCUT2D eigenvalue weighted by molar-refractivity contribution is 5.47. The maximum absolute atomic E-state index is 5.82. The lowest BCUT2D eigenvalue weighted by Crippen LogP contribution is -2.06. The molecule has 0 amide bonds. The quantitative estimate of drug-likeness (QED) is 0.618. The largest absolute Gasteiger partial charge is 0.493 e. The Balaban J connectivity index is 1.76. The van der Waals surface area contributed by atoms with E-state index in [-0.39, 0.29) is 0 Å². The van der Waals surface area contributed by atoms with Gasteiger partial charge in [-0.2, -0.15) is 0 Å². The molecule has 3 nitrogen and oxygen atoms in total. The summed E-state index contributed by atoms with van der Waals surface area (Å²) in [6, 6.07) is 13.9. The molecule has 0 aliphatic carbocycles. The van der Waals surface area contributed by atoms with Crippen LogP contribution in [-0.2, 0) is 6.42 Å².